The van der Waals surface area contributed by atoms with Crippen LogP contribution >= 0.6 is 0 Å². The zero-order chi connectivity index (χ0) is 15.6. The predicted molar refractivity (Wildman–Crippen MR) is 87.5 cm³/mol. The minimum absolute atomic E-state index is 0.171. The Kier molecular flexibility index (Phi) is 10.4. The standard InChI is InChI=1S/C15H33NO3Si/c1-8-17-20(18-9-2,19-10-3)12-15(7)16-14(6)11-13(4)5/h13,15H,8-12H2,1-7H3/b16-14-. The van der Waals surface area contributed by atoms with Crippen LogP contribution in [-0.2, 0) is 13.3 Å². The first kappa shape index (κ1) is 19.8. The summed E-state index contributed by atoms with van der Waals surface area (Å²) in [4.78, 5) is 4.76. The lowest BCUT2D eigenvalue weighted by molar-refractivity contribution is 0.0701. The first-order valence-electron chi connectivity index (χ1n) is 7.84. The first-order chi connectivity index (χ1) is 9.39. The molecule has 0 aromatic rings. The molecule has 0 amide bonds. The molecule has 0 spiro atoms. The van der Waals surface area contributed by atoms with Crippen LogP contribution in [0, 0.1) is 5.92 Å². The summed E-state index contributed by atoms with van der Waals surface area (Å²) in [6, 6.07) is 0.919. The van der Waals surface area contributed by atoms with Crippen LogP contribution in [0.1, 0.15) is 54.9 Å². The molecule has 0 saturated heterocycles. The molecule has 0 radical (unpaired) electrons. The van der Waals surface area contributed by atoms with E-state index in [1.165, 1.54) is 5.71 Å². The zero-order valence-corrected chi connectivity index (χ0v) is 15.4. The SMILES string of the molecule is CCO[Si](CC(C)/N=C(/C)CC(C)C)(OCC)OCC. The van der Waals surface area contributed by atoms with Crippen LogP contribution in [0.15, 0.2) is 4.99 Å². The van der Waals surface area contributed by atoms with Crippen molar-refractivity contribution in [3.05, 3.63) is 0 Å². The quantitative estimate of drug-likeness (QED) is 0.429. The van der Waals surface area contributed by atoms with Crippen LogP contribution in [0.2, 0.25) is 6.04 Å². The van der Waals surface area contributed by atoms with Crippen LogP contribution < -0.4 is 0 Å². The number of hydrogen-bond acceptors (Lipinski definition) is 4. The van der Waals surface area contributed by atoms with Crippen molar-refractivity contribution in [3.8, 4) is 0 Å². The Morgan fingerprint density at radius 3 is 1.75 bits per heavy atom. The van der Waals surface area contributed by atoms with Crippen LogP contribution in [0.4, 0.5) is 0 Å². The van der Waals surface area contributed by atoms with E-state index in [4.69, 9.17) is 18.3 Å². The smallest absolute Gasteiger partial charge is 0.374 e. The molecule has 0 aromatic heterocycles. The molecule has 0 aliphatic rings. The molecule has 0 N–H and O–H groups in total. The van der Waals surface area contributed by atoms with Crippen LogP contribution in [0.5, 0.6) is 0 Å². The summed E-state index contributed by atoms with van der Waals surface area (Å²) >= 11 is 0. The van der Waals surface area contributed by atoms with Gasteiger partial charge in [-0.3, -0.25) is 4.99 Å². The van der Waals surface area contributed by atoms with Gasteiger partial charge in [-0.25, -0.2) is 0 Å². The van der Waals surface area contributed by atoms with Crippen LogP contribution in [-0.4, -0.2) is 40.4 Å². The van der Waals surface area contributed by atoms with Crippen molar-refractivity contribution in [2.45, 2.75) is 67.0 Å². The van der Waals surface area contributed by atoms with E-state index in [1.54, 1.807) is 0 Å². The van der Waals surface area contributed by atoms with Gasteiger partial charge in [-0.2, -0.15) is 0 Å². The van der Waals surface area contributed by atoms with E-state index >= 15 is 0 Å². The van der Waals surface area contributed by atoms with Gasteiger partial charge in [0, 0.05) is 31.6 Å². The zero-order valence-electron chi connectivity index (χ0n) is 14.4. The molecule has 1 unspecified atom stereocenters. The third kappa shape index (κ3) is 8.14. The molecule has 0 aromatic carbocycles. The van der Waals surface area contributed by atoms with Gasteiger partial charge in [0.1, 0.15) is 0 Å². The highest BCUT2D eigenvalue weighted by Gasteiger charge is 2.41. The minimum atomic E-state index is -2.57. The highest BCUT2D eigenvalue weighted by Crippen LogP contribution is 2.20. The molecular formula is C15H33NO3Si. The molecule has 20 heavy (non-hydrogen) atoms. The van der Waals surface area contributed by atoms with Gasteiger partial charge in [0.25, 0.3) is 0 Å². The van der Waals surface area contributed by atoms with Gasteiger partial charge < -0.3 is 13.3 Å². The van der Waals surface area contributed by atoms with E-state index in [9.17, 15) is 0 Å². The van der Waals surface area contributed by atoms with Gasteiger partial charge in [0.2, 0.25) is 0 Å². The van der Waals surface area contributed by atoms with Crippen molar-refractivity contribution in [1.29, 1.82) is 0 Å². The molecule has 5 heteroatoms. The van der Waals surface area contributed by atoms with E-state index in [1.807, 2.05) is 20.8 Å². The fourth-order valence-electron chi connectivity index (χ4n) is 2.39. The van der Waals surface area contributed by atoms with Gasteiger partial charge in [-0.1, -0.05) is 13.8 Å². The summed E-state index contributed by atoms with van der Waals surface area (Å²) < 4.78 is 17.6. The van der Waals surface area contributed by atoms with E-state index in [-0.39, 0.29) is 6.04 Å². The maximum absolute atomic E-state index is 5.87. The Labute approximate surface area is 126 Å². The molecule has 0 saturated carbocycles. The molecule has 0 aliphatic carbocycles. The Morgan fingerprint density at radius 1 is 0.950 bits per heavy atom. The second-order valence-electron chi connectivity index (χ2n) is 5.50. The molecule has 120 valence electrons. The Hall–Kier alpha value is -0.233. The van der Waals surface area contributed by atoms with Crippen LogP contribution in [0.25, 0.3) is 0 Å². The average molecular weight is 304 g/mol. The summed E-state index contributed by atoms with van der Waals surface area (Å²) in [5.74, 6) is 0.638. The van der Waals surface area contributed by atoms with Crippen LogP contribution in [0.3, 0.4) is 0 Å². The minimum Gasteiger partial charge on any atom is -0.374 e. The van der Waals surface area contributed by atoms with Gasteiger partial charge in [0.05, 0.1) is 6.04 Å². The number of nitrogens with zero attached hydrogens (tertiary/aromatic N) is 1. The van der Waals surface area contributed by atoms with E-state index in [0.29, 0.717) is 25.7 Å². The Bertz CT molecular complexity index is 265. The highest BCUT2D eigenvalue weighted by atomic mass is 28.4. The van der Waals surface area contributed by atoms with Gasteiger partial charge in [0.15, 0.2) is 0 Å². The van der Waals surface area contributed by atoms with E-state index in [0.717, 1.165) is 12.5 Å². The van der Waals surface area contributed by atoms with Crippen molar-refractivity contribution < 1.29 is 13.3 Å². The molecule has 0 rings (SSSR count). The van der Waals surface area contributed by atoms with Gasteiger partial charge in [-0.15, -0.1) is 0 Å². The lowest BCUT2D eigenvalue weighted by atomic mass is 10.1. The predicted octanol–water partition coefficient (Wildman–Crippen LogP) is 3.93. The average Bonchev–Trinajstić information content (AvgIpc) is 2.27. The fraction of sp³-hybridized carbons (Fsp3) is 0.933. The summed E-state index contributed by atoms with van der Waals surface area (Å²) in [6.07, 6.45) is 1.04. The maximum atomic E-state index is 5.87. The lowest BCUT2D eigenvalue weighted by Crippen LogP contribution is -2.48. The second kappa shape index (κ2) is 10.5. The normalized spacial score (nSPS) is 14.9. The monoisotopic (exact) mass is 303 g/mol. The first-order valence-corrected chi connectivity index (χ1v) is 9.77. The molecule has 0 heterocycles. The molecule has 0 aliphatic heterocycles. The number of rotatable bonds is 11. The molecular weight excluding hydrogens is 270 g/mol. The van der Waals surface area contributed by atoms with E-state index < -0.39 is 8.80 Å². The summed E-state index contributed by atoms with van der Waals surface area (Å²) in [5.41, 5.74) is 1.19. The summed E-state index contributed by atoms with van der Waals surface area (Å²) in [5, 5.41) is 0. The summed E-state index contributed by atoms with van der Waals surface area (Å²) in [7, 11) is -2.57. The van der Waals surface area contributed by atoms with Crippen molar-refractivity contribution in [3.63, 3.8) is 0 Å². The van der Waals surface area contributed by atoms with Crippen molar-refractivity contribution >= 4 is 14.5 Å². The molecule has 4 nitrogen and oxygen atoms in total. The fourth-order valence-corrected chi connectivity index (χ4v) is 5.13. The molecule has 1 atom stereocenters. The van der Waals surface area contributed by atoms with Gasteiger partial charge in [-0.05, 0) is 47.0 Å². The third-order valence-corrected chi connectivity index (χ3v) is 6.06. The second-order valence-corrected chi connectivity index (χ2v) is 8.14. The molecule has 0 fully saturated rings. The maximum Gasteiger partial charge on any atom is 0.503 e. The van der Waals surface area contributed by atoms with Crippen molar-refractivity contribution in [2.75, 3.05) is 19.8 Å². The van der Waals surface area contributed by atoms with Gasteiger partial charge >= 0.3 is 8.80 Å². The van der Waals surface area contributed by atoms with E-state index in [2.05, 4.69) is 27.7 Å². The largest absolute Gasteiger partial charge is 0.503 e. The lowest BCUT2D eigenvalue weighted by Gasteiger charge is -2.29. The summed E-state index contributed by atoms with van der Waals surface area (Å²) in [6.45, 7) is 16.4. The van der Waals surface area contributed by atoms with Crippen molar-refractivity contribution in [2.24, 2.45) is 10.9 Å². The topological polar surface area (TPSA) is 40.0 Å². The van der Waals surface area contributed by atoms with Crippen molar-refractivity contribution in [1.82, 2.24) is 0 Å². The Morgan fingerprint density at radius 2 is 1.40 bits per heavy atom. The Balaban J connectivity index is 4.77. The highest BCUT2D eigenvalue weighted by molar-refractivity contribution is 6.60. The number of aliphatic imine (C=N–C) groups is 1. The molecule has 0 bridgehead atoms. The number of hydrogen-bond donors (Lipinski definition) is 0. The third-order valence-electron chi connectivity index (χ3n) is 2.78.